The minimum atomic E-state index is -4.35. The van der Waals surface area contributed by atoms with Crippen LogP contribution in [0.5, 0.6) is 0 Å². The van der Waals surface area contributed by atoms with Crippen LogP contribution in [0.4, 0.5) is 28.9 Å². The fourth-order valence-corrected chi connectivity index (χ4v) is 6.38. The van der Waals surface area contributed by atoms with Crippen molar-refractivity contribution in [3.63, 3.8) is 0 Å². The Labute approximate surface area is 219 Å². The third-order valence-corrected chi connectivity index (χ3v) is 8.84. The van der Waals surface area contributed by atoms with Crippen molar-refractivity contribution in [3.8, 4) is 0 Å². The molecule has 1 atom stereocenters. The maximum Gasteiger partial charge on any atom is 0.390 e. The number of piperazine rings is 1. The monoisotopic (exact) mass is 557 g/mol. The predicted molar refractivity (Wildman–Crippen MR) is 137 cm³/mol. The number of aryl methyl sites for hydroxylation is 1. The molecule has 2 aliphatic heterocycles. The van der Waals surface area contributed by atoms with E-state index in [1.165, 1.54) is 20.7 Å². The number of alkyl halides is 3. The van der Waals surface area contributed by atoms with E-state index in [0.29, 0.717) is 35.7 Å². The van der Waals surface area contributed by atoms with Crippen molar-refractivity contribution >= 4 is 27.8 Å². The van der Waals surface area contributed by atoms with Crippen LogP contribution in [0.2, 0.25) is 0 Å². The Kier molecular flexibility index (Phi) is 8.72. The van der Waals surface area contributed by atoms with Gasteiger partial charge in [-0.15, -0.1) is 0 Å². The average molecular weight is 558 g/mol. The van der Waals surface area contributed by atoms with Gasteiger partial charge >= 0.3 is 6.18 Å². The molecule has 0 unspecified atom stereocenters. The first kappa shape index (κ1) is 28.4. The molecule has 13 heteroatoms. The van der Waals surface area contributed by atoms with Crippen LogP contribution in [0, 0.1) is 18.2 Å². The van der Waals surface area contributed by atoms with Crippen molar-refractivity contribution in [3.05, 3.63) is 58.9 Å². The van der Waals surface area contributed by atoms with Crippen molar-refractivity contribution in [2.45, 2.75) is 25.6 Å². The number of nitrogens with zero attached hydrogens (tertiary/aromatic N) is 3. The number of morpholine rings is 1. The van der Waals surface area contributed by atoms with Gasteiger partial charge in [0.2, 0.25) is 0 Å². The second kappa shape index (κ2) is 11.7. The van der Waals surface area contributed by atoms with E-state index >= 15 is 0 Å². The normalized spacial score (nSPS) is 20.4. The summed E-state index contributed by atoms with van der Waals surface area (Å²) in [5.41, 5.74) is 3.03. The van der Waals surface area contributed by atoms with Crippen LogP contribution in [-0.4, -0.2) is 86.8 Å². The summed E-state index contributed by atoms with van der Waals surface area (Å²) in [5, 5.41) is 11.1. The Morgan fingerprint density at radius 3 is 2.39 bits per heavy atom. The second-order valence-electron chi connectivity index (χ2n) is 9.37. The van der Waals surface area contributed by atoms with Crippen LogP contribution in [0.25, 0.3) is 0 Å². The number of ether oxygens (including phenoxy) is 1. The number of nitrogens with one attached hydrogen (secondary N) is 2. The number of anilines is 2. The third-order valence-electron chi connectivity index (χ3n) is 6.84. The van der Waals surface area contributed by atoms with E-state index in [-0.39, 0.29) is 45.1 Å². The van der Waals surface area contributed by atoms with Gasteiger partial charge in [0.15, 0.2) is 0 Å². The zero-order chi connectivity index (χ0) is 27.5. The number of benzene rings is 2. The Morgan fingerprint density at radius 2 is 1.76 bits per heavy atom. The van der Waals surface area contributed by atoms with E-state index in [1.54, 1.807) is 36.1 Å². The molecule has 208 valence electrons. The van der Waals surface area contributed by atoms with E-state index in [2.05, 4.69) is 5.32 Å². The summed E-state index contributed by atoms with van der Waals surface area (Å²) in [7, 11) is -3.82. The van der Waals surface area contributed by atoms with Crippen LogP contribution in [0.1, 0.15) is 29.2 Å². The molecule has 2 aliphatic rings. The first-order chi connectivity index (χ1) is 18.0. The molecule has 2 heterocycles. The summed E-state index contributed by atoms with van der Waals surface area (Å²) in [6.45, 7) is 2.76. The second-order valence-corrected chi connectivity index (χ2v) is 11.3. The zero-order valence-electron chi connectivity index (χ0n) is 21.0. The third kappa shape index (κ3) is 6.70. The van der Waals surface area contributed by atoms with Crippen molar-refractivity contribution in [1.29, 1.82) is 5.41 Å². The smallest absolute Gasteiger partial charge is 0.379 e. The van der Waals surface area contributed by atoms with E-state index in [0.717, 1.165) is 11.8 Å². The summed E-state index contributed by atoms with van der Waals surface area (Å²) in [4.78, 5) is 1.67. The first-order valence-electron chi connectivity index (χ1n) is 12.3. The molecule has 2 N–H and O–H groups in total. The van der Waals surface area contributed by atoms with Gasteiger partial charge in [-0.25, -0.2) is 4.39 Å². The van der Waals surface area contributed by atoms with Crippen molar-refractivity contribution in [2.75, 3.05) is 57.8 Å². The maximum absolute atomic E-state index is 13.4. The van der Waals surface area contributed by atoms with E-state index < -0.39 is 28.8 Å². The topological polar surface area (TPSA) is 89.0 Å². The van der Waals surface area contributed by atoms with Crippen LogP contribution in [0.15, 0.2) is 36.4 Å². The first-order valence-corrected chi connectivity index (χ1v) is 13.7. The summed E-state index contributed by atoms with van der Waals surface area (Å²) in [6.07, 6.45) is -4.24. The lowest BCUT2D eigenvalue weighted by molar-refractivity contribution is -0.140. The molecule has 0 aliphatic carbocycles. The van der Waals surface area contributed by atoms with E-state index in [9.17, 15) is 26.0 Å². The predicted octanol–water partition coefficient (Wildman–Crippen LogP) is 4.06. The highest BCUT2D eigenvalue weighted by atomic mass is 32.2. The minimum absolute atomic E-state index is 0.0133. The fraction of sp³-hybridized carbons (Fsp3) is 0.480. The van der Waals surface area contributed by atoms with Crippen LogP contribution < -0.4 is 5.32 Å². The lowest BCUT2D eigenvalue weighted by atomic mass is 9.94. The van der Waals surface area contributed by atoms with E-state index in [4.69, 9.17) is 10.1 Å². The SMILES string of the molecule is Cc1cc(Nc2ccc(F)cc2)c(C=N)cc1[C@@H]1CN(S(=O)(=O)N2CCOCC2)CCN1CCC(F)(F)F. The van der Waals surface area contributed by atoms with Crippen molar-refractivity contribution in [2.24, 2.45) is 0 Å². The average Bonchev–Trinajstić information content (AvgIpc) is 2.89. The molecule has 2 aromatic carbocycles. The molecule has 0 aromatic heterocycles. The van der Waals surface area contributed by atoms with Gasteiger partial charge in [0, 0.05) is 68.5 Å². The lowest BCUT2D eigenvalue weighted by Gasteiger charge is -2.43. The van der Waals surface area contributed by atoms with Gasteiger partial charge < -0.3 is 15.5 Å². The molecular weight excluding hydrogens is 526 g/mol. The molecule has 0 saturated carbocycles. The molecule has 0 spiro atoms. The van der Waals surface area contributed by atoms with E-state index in [1.807, 2.05) is 0 Å². The van der Waals surface area contributed by atoms with Gasteiger partial charge in [-0.3, -0.25) is 4.90 Å². The fourth-order valence-electron chi connectivity index (χ4n) is 4.80. The van der Waals surface area contributed by atoms with Gasteiger partial charge in [-0.2, -0.15) is 30.2 Å². The highest BCUT2D eigenvalue weighted by molar-refractivity contribution is 7.86. The molecule has 2 saturated heterocycles. The number of halogens is 4. The molecule has 8 nitrogen and oxygen atoms in total. The molecule has 2 fully saturated rings. The quantitative estimate of drug-likeness (QED) is 0.378. The van der Waals surface area contributed by atoms with Crippen LogP contribution in [0.3, 0.4) is 0 Å². The van der Waals surface area contributed by atoms with Crippen molar-refractivity contribution < 1.29 is 30.7 Å². The molecular formula is C25H31F4N5O3S. The summed E-state index contributed by atoms with van der Waals surface area (Å²) in [5.74, 6) is -0.387. The summed E-state index contributed by atoms with van der Waals surface area (Å²) in [6, 6.07) is 8.57. The molecule has 0 radical (unpaired) electrons. The molecule has 2 aromatic rings. The Balaban J connectivity index is 1.65. The van der Waals surface area contributed by atoms with Gasteiger partial charge in [-0.05, 0) is 54.4 Å². The number of rotatable bonds is 8. The lowest BCUT2D eigenvalue weighted by Crippen LogP contribution is -2.56. The van der Waals surface area contributed by atoms with Gasteiger partial charge in [0.1, 0.15) is 5.82 Å². The zero-order valence-corrected chi connectivity index (χ0v) is 21.8. The highest BCUT2D eigenvalue weighted by Crippen LogP contribution is 2.34. The molecule has 4 rings (SSSR count). The molecule has 0 amide bonds. The Hall–Kier alpha value is -2.58. The highest BCUT2D eigenvalue weighted by Gasteiger charge is 2.39. The number of hydrogen-bond acceptors (Lipinski definition) is 6. The summed E-state index contributed by atoms with van der Waals surface area (Å²) >= 11 is 0. The molecule has 0 bridgehead atoms. The van der Waals surface area contributed by atoms with Crippen LogP contribution >= 0.6 is 0 Å². The van der Waals surface area contributed by atoms with Gasteiger partial charge in [0.25, 0.3) is 10.2 Å². The molecule has 38 heavy (non-hydrogen) atoms. The van der Waals surface area contributed by atoms with Gasteiger partial charge in [-0.1, -0.05) is 0 Å². The summed E-state index contributed by atoms with van der Waals surface area (Å²) < 4.78 is 87.3. The van der Waals surface area contributed by atoms with Crippen LogP contribution in [-0.2, 0) is 14.9 Å². The Bertz CT molecular complexity index is 1230. The maximum atomic E-state index is 13.4. The Morgan fingerprint density at radius 1 is 1.08 bits per heavy atom. The van der Waals surface area contributed by atoms with Crippen molar-refractivity contribution in [1.82, 2.24) is 13.5 Å². The minimum Gasteiger partial charge on any atom is -0.379 e. The number of hydrogen-bond donors (Lipinski definition) is 2. The largest absolute Gasteiger partial charge is 0.390 e. The van der Waals surface area contributed by atoms with Gasteiger partial charge in [0.05, 0.1) is 19.6 Å². The standard InChI is InChI=1S/C25H31F4N5O3S/c1-18-14-23(31-21-4-2-20(26)3-5-21)19(16-30)15-22(18)24-17-34(9-8-32(24)7-6-25(27,28)29)38(35,36)33-10-12-37-13-11-33/h2-5,14-16,24,30-31H,6-13,17H2,1H3/t24-/m0/s1.